The van der Waals surface area contributed by atoms with Crippen LogP contribution in [-0.2, 0) is 4.79 Å². The van der Waals surface area contributed by atoms with Crippen molar-refractivity contribution in [2.75, 3.05) is 13.4 Å². The Kier molecular flexibility index (Phi) is 5.38. The first-order valence-corrected chi connectivity index (χ1v) is 8.03. The number of carbonyl (C=O) groups excluding carboxylic acids is 1. The second kappa shape index (κ2) is 8.06. The highest BCUT2D eigenvalue weighted by Gasteiger charge is 2.12. The first-order valence-electron chi connectivity index (χ1n) is 8.03. The zero-order chi connectivity index (χ0) is 18.4. The Hall–Kier alpha value is -3.48. The van der Waals surface area contributed by atoms with E-state index in [-0.39, 0.29) is 12.5 Å². The predicted octanol–water partition coefficient (Wildman–Crippen LogP) is 2.68. The number of hydrazone groups is 1. The van der Waals surface area contributed by atoms with E-state index >= 15 is 0 Å². The fraction of sp³-hybridized carbons (Fsp3) is 0.158. The Bertz CT molecular complexity index is 861. The molecule has 3 rings (SSSR count). The number of phenolic OH excluding ortho intramolecular Hbond substituents is 1. The maximum Gasteiger partial charge on any atom is 0.264 e. The molecule has 26 heavy (non-hydrogen) atoms. The molecule has 0 aromatic heterocycles. The third kappa shape index (κ3) is 4.13. The van der Waals surface area contributed by atoms with Gasteiger partial charge in [0.15, 0.2) is 23.0 Å². The predicted molar refractivity (Wildman–Crippen MR) is 96.6 cm³/mol. The maximum atomic E-state index is 11.8. The van der Waals surface area contributed by atoms with Crippen molar-refractivity contribution in [3.63, 3.8) is 0 Å². The number of benzene rings is 2. The standard InChI is InChI=1S/C19H18N2O5/c1-2-24-16-5-3-4-14(19(16)23)11-20-21-18(22)9-7-13-6-8-15-17(10-13)26-12-25-15/h3-11,23H,2,12H2,1H3,(H,21,22)/b9-7+,20-11+. The highest BCUT2D eigenvalue weighted by molar-refractivity contribution is 5.93. The second-order valence-corrected chi connectivity index (χ2v) is 5.31. The summed E-state index contributed by atoms with van der Waals surface area (Å²) in [6, 6.07) is 10.4. The van der Waals surface area contributed by atoms with Crippen LogP contribution in [0.4, 0.5) is 0 Å². The number of nitrogens with one attached hydrogen (secondary N) is 1. The van der Waals surface area contributed by atoms with E-state index in [0.717, 1.165) is 5.56 Å². The Morgan fingerprint density at radius 2 is 2.15 bits per heavy atom. The number of fused-ring (bicyclic) bond motifs is 1. The van der Waals surface area contributed by atoms with E-state index in [9.17, 15) is 9.90 Å². The highest BCUT2D eigenvalue weighted by Crippen LogP contribution is 2.32. The van der Waals surface area contributed by atoms with Crippen LogP contribution in [0.2, 0.25) is 0 Å². The quantitative estimate of drug-likeness (QED) is 0.473. The molecule has 0 saturated carbocycles. The number of nitrogens with zero attached hydrogens (tertiary/aromatic N) is 1. The molecule has 2 aromatic rings. The number of hydrogen-bond donors (Lipinski definition) is 2. The summed E-state index contributed by atoms with van der Waals surface area (Å²) in [7, 11) is 0. The van der Waals surface area contributed by atoms with Gasteiger partial charge in [-0.2, -0.15) is 5.10 Å². The normalized spacial score (nSPS) is 12.7. The highest BCUT2D eigenvalue weighted by atomic mass is 16.7. The number of aromatic hydroxyl groups is 1. The topological polar surface area (TPSA) is 89.4 Å². The van der Waals surface area contributed by atoms with E-state index in [1.165, 1.54) is 12.3 Å². The third-order valence-electron chi connectivity index (χ3n) is 3.53. The van der Waals surface area contributed by atoms with Gasteiger partial charge in [0.1, 0.15) is 0 Å². The van der Waals surface area contributed by atoms with Crippen molar-refractivity contribution in [2.45, 2.75) is 6.92 Å². The van der Waals surface area contributed by atoms with Gasteiger partial charge >= 0.3 is 0 Å². The van der Waals surface area contributed by atoms with Crippen LogP contribution in [0.25, 0.3) is 6.08 Å². The monoisotopic (exact) mass is 354 g/mol. The van der Waals surface area contributed by atoms with Gasteiger partial charge in [0.25, 0.3) is 5.91 Å². The molecule has 0 aliphatic carbocycles. The largest absolute Gasteiger partial charge is 0.504 e. The number of phenols is 1. The average Bonchev–Trinajstić information content (AvgIpc) is 3.11. The minimum Gasteiger partial charge on any atom is -0.504 e. The summed E-state index contributed by atoms with van der Waals surface area (Å²) in [5.41, 5.74) is 3.61. The van der Waals surface area contributed by atoms with Crippen LogP contribution in [-0.4, -0.2) is 30.6 Å². The molecule has 0 spiro atoms. The van der Waals surface area contributed by atoms with Crippen molar-refractivity contribution < 1.29 is 24.1 Å². The number of para-hydroxylation sites is 1. The van der Waals surface area contributed by atoms with Gasteiger partial charge in [-0.15, -0.1) is 0 Å². The maximum absolute atomic E-state index is 11.8. The van der Waals surface area contributed by atoms with Crippen molar-refractivity contribution in [1.29, 1.82) is 0 Å². The molecule has 0 fully saturated rings. The molecule has 2 aromatic carbocycles. The van der Waals surface area contributed by atoms with E-state index < -0.39 is 5.91 Å². The fourth-order valence-electron chi connectivity index (χ4n) is 2.31. The van der Waals surface area contributed by atoms with Crippen molar-refractivity contribution >= 4 is 18.2 Å². The number of amides is 1. The van der Waals surface area contributed by atoms with Crippen LogP contribution in [0.15, 0.2) is 47.6 Å². The molecule has 0 radical (unpaired) electrons. The summed E-state index contributed by atoms with van der Waals surface area (Å²) in [4.78, 5) is 11.8. The number of hydrogen-bond acceptors (Lipinski definition) is 6. The molecule has 134 valence electrons. The lowest BCUT2D eigenvalue weighted by Gasteiger charge is -2.06. The minimum atomic E-state index is -0.403. The van der Waals surface area contributed by atoms with Gasteiger partial charge in [-0.3, -0.25) is 4.79 Å². The molecule has 0 unspecified atom stereocenters. The van der Waals surface area contributed by atoms with Crippen molar-refractivity contribution in [3.8, 4) is 23.0 Å². The molecule has 1 amide bonds. The van der Waals surface area contributed by atoms with Crippen molar-refractivity contribution in [2.24, 2.45) is 5.10 Å². The van der Waals surface area contributed by atoms with E-state index in [1.54, 1.807) is 36.4 Å². The van der Waals surface area contributed by atoms with Gasteiger partial charge in [0, 0.05) is 11.6 Å². The van der Waals surface area contributed by atoms with E-state index in [0.29, 0.717) is 29.4 Å². The molecule has 1 aliphatic rings. The summed E-state index contributed by atoms with van der Waals surface area (Å²) in [5, 5.41) is 13.9. The van der Waals surface area contributed by atoms with Gasteiger partial charge < -0.3 is 19.3 Å². The lowest BCUT2D eigenvalue weighted by atomic mass is 10.2. The lowest BCUT2D eigenvalue weighted by molar-refractivity contribution is -0.116. The number of ether oxygens (including phenoxy) is 3. The third-order valence-corrected chi connectivity index (χ3v) is 3.53. The zero-order valence-corrected chi connectivity index (χ0v) is 14.1. The van der Waals surface area contributed by atoms with Crippen LogP contribution in [0.3, 0.4) is 0 Å². The Labute approximate surface area is 150 Å². The summed E-state index contributed by atoms with van der Waals surface area (Å²) in [6.07, 6.45) is 4.34. The Morgan fingerprint density at radius 1 is 1.31 bits per heavy atom. The van der Waals surface area contributed by atoms with Gasteiger partial charge in [-0.05, 0) is 42.8 Å². The summed E-state index contributed by atoms with van der Waals surface area (Å²) >= 11 is 0. The number of rotatable bonds is 6. The fourth-order valence-corrected chi connectivity index (χ4v) is 2.31. The first-order chi connectivity index (χ1) is 12.7. The van der Waals surface area contributed by atoms with Crippen molar-refractivity contribution in [1.82, 2.24) is 5.43 Å². The average molecular weight is 354 g/mol. The van der Waals surface area contributed by atoms with Gasteiger partial charge in [-0.25, -0.2) is 5.43 Å². The summed E-state index contributed by atoms with van der Waals surface area (Å²) < 4.78 is 15.8. The smallest absolute Gasteiger partial charge is 0.264 e. The molecular formula is C19H18N2O5. The molecule has 0 saturated heterocycles. The molecule has 7 nitrogen and oxygen atoms in total. The van der Waals surface area contributed by atoms with Gasteiger partial charge in [-0.1, -0.05) is 12.1 Å². The molecule has 0 bridgehead atoms. The van der Waals surface area contributed by atoms with Gasteiger partial charge in [0.05, 0.1) is 12.8 Å². The molecular weight excluding hydrogens is 336 g/mol. The van der Waals surface area contributed by atoms with E-state index in [4.69, 9.17) is 14.2 Å². The first kappa shape index (κ1) is 17.3. The van der Waals surface area contributed by atoms with Crippen LogP contribution in [0.5, 0.6) is 23.0 Å². The Balaban J connectivity index is 1.59. The summed E-state index contributed by atoms with van der Waals surface area (Å²) in [6.45, 7) is 2.47. The van der Waals surface area contributed by atoms with Crippen molar-refractivity contribution in [3.05, 3.63) is 53.6 Å². The van der Waals surface area contributed by atoms with Crippen LogP contribution in [0.1, 0.15) is 18.1 Å². The zero-order valence-electron chi connectivity index (χ0n) is 14.1. The molecule has 1 aliphatic heterocycles. The van der Waals surface area contributed by atoms with E-state index in [2.05, 4.69) is 10.5 Å². The molecule has 1 heterocycles. The Morgan fingerprint density at radius 3 is 3.00 bits per heavy atom. The molecule has 0 atom stereocenters. The number of carbonyl (C=O) groups is 1. The van der Waals surface area contributed by atoms with Gasteiger partial charge in [0.2, 0.25) is 6.79 Å². The molecule has 7 heteroatoms. The van der Waals surface area contributed by atoms with Crippen LogP contribution in [0, 0.1) is 0 Å². The lowest BCUT2D eigenvalue weighted by Crippen LogP contribution is -2.14. The minimum absolute atomic E-state index is 0.0248. The van der Waals surface area contributed by atoms with Crippen LogP contribution >= 0.6 is 0 Å². The summed E-state index contributed by atoms with van der Waals surface area (Å²) in [5.74, 6) is 1.27. The van der Waals surface area contributed by atoms with Crippen LogP contribution < -0.4 is 19.6 Å². The molecule has 2 N–H and O–H groups in total. The van der Waals surface area contributed by atoms with E-state index in [1.807, 2.05) is 13.0 Å². The SMILES string of the molecule is CCOc1cccc(/C=N/NC(=O)/C=C/c2ccc3c(c2)OCO3)c1O. The second-order valence-electron chi connectivity index (χ2n) is 5.31.